The molecule has 0 heterocycles. The van der Waals surface area contributed by atoms with Crippen LogP contribution in [0.5, 0.6) is 0 Å². The average Bonchev–Trinajstić information content (AvgIpc) is 2.82. The number of halogens is 1. The van der Waals surface area contributed by atoms with Gasteiger partial charge in [0.25, 0.3) is 0 Å². The maximum Gasteiger partial charge on any atom is 0.126 e. The Kier molecular flexibility index (Phi) is 2.76. The van der Waals surface area contributed by atoms with E-state index in [9.17, 15) is 4.39 Å². The predicted molar refractivity (Wildman–Crippen MR) is 63.1 cm³/mol. The van der Waals surface area contributed by atoms with Gasteiger partial charge >= 0.3 is 0 Å². The first kappa shape index (κ1) is 11.6. The molecule has 0 aliphatic heterocycles. The topological polar surface area (TPSA) is 38.0 Å². The molecular weight excluding hydrogens is 203 g/mol. The molecular formula is C13H19FN2. The first-order valence-electron chi connectivity index (χ1n) is 5.68. The zero-order valence-corrected chi connectivity index (χ0v) is 10.0. The summed E-state index contributed by atoms with van der Waals surface area (Å²) < 4.78 is 13.5. The van der Waals surface area contributed by atoms with Crippen LogP contribution in [-0.4, -0.2) is 0 Å². The molecule has 2 nitrogen and oxygen atoms in total. The molecule has 0 saturated heterocycles. The lowest BCUT2D eigenvalue weighted by molar-refractivity contribution is 0.421. The molecule has 1 aromatic rings. The Balaban J connectivity index is 2.24. The Morgan fingerprint density at radius 1 is 1.50 bits per heavy atom. The molecule has 2 atom stereocenters. The Hall–Kier alpha value is -0.930. The third kappa shape index (κ3) is 1.97. The van der Waals surface area contributed by atoms with Crippen molar-refractivity contribution in [2.45, 2.75) is 33.2 Å². The first-order chi connectivity index (χ1) is 7.45. The van der Waals surface area contributed by atoms with Crippen LogP contribution in [0.15, 0.2) is 18.2 Å². The van der Waals surface area contributed by atoms with Crippen molar-refractivity contribution in [1.82, 2.24) is 5.43 Å². The van der Waals surface area contributed by atoms with Gasteiger partial charge in [-0.05, 0) is 41.9 Å². The van der Waals surface area contributed by atoms with Crippen molar-refractivity contribution in [3.63, 3.8) is 0 Å². The summed E-state index contributed by atoms with van der Waals surface area (Å²) in [6.07, 6.45) is 1.14. The van der Waals surface area contributed by atoms with Gasteiger partial charge in [0.2, 0.25) is 0 Å². The lowest BCUT2D eigenvalue weighted by atomic mass is 9.97. The fourth-order valence-electron chi connectivity index (χ4n) is 2.32. The number of aryl methyl sites for hydroxylation is 1. The number of nitrogens with two attached hydrogens (primary N) is 1. The molecule has 2 unspecified atom stereocenters. The van der Waals surface area contributed by atoms with Crippen molar-refractivity contribution in [3.05, 3.63) is 35.1 Å². The summed E-state index contributed by atoms with van der Waals surface area (Å²) in [5, 5.41) is 0. The third-order valence-electron chi connectivity index (χ3n) is 3.73. The van der Waals surface area contributed by atoms with Crippen LogP contribution in [-0.2, 0) is 0 Å². The second-order valence-corrected chi connectivity index (χ2v) is 5.45. The minimum absolute atomic E-state index is 0.0603. The standard InChI is InChI=1S/C13H19FN2/c1-8-4-5-9(6-11(8)14)12(16-15)10-7-13(10,2)3/h4-6,10,12,16H,7,15H2,1-3H3. The molecule has 2 rings (SSSR count). The quantitative estimate of drug-likeness (QED) is 0.609. The highest BCUT2D eigenvalue weighted by atomic mass is 19.1. The van der Waals surface area contributed by atoms with Gasteiger partial charge in [0, 0.05) is 6.04 Å². The number of hydrazine groups is 1. The highest BCUT2D eigenvalue weighted by molar-refractivity contribution is 5.28. The summed E-state index contributed by atoms with van der Waals surface area (Å²) in [5.74, 6) is 5.93. The van der Waals surface area contributed by atoms with Crippen molar-refractivity contribution in [3.8, 4) is 0 Å². The minimum atomic E-state index is -0.156. The van der Waals surface area contributed by atoms with Crippen LogP contribution < -0.4 is 11.3 Å². The minimum Gasteiger partial charge on any atom is -0.271 e. The fraction of sp³-hybridized carbons (Fsp3) is 0.538. The zero-order chi connectivity index (χ0) is 11.9. The van der Waals surface area contributed by atoms with E-state index in [1.165, 1.54) is 0 Å². The molecule has 1 aliphatic carbocycles. The van der Waals surface area contributed by atoms with E-state index in [0.29, 0.717) is 16.9 Å². The van der Waals surface area contributed by atoms with Crippen LogP contribution in [0.25, 0.3) is 0 Å². The van der Waals surface area contributed by atoms with Crippen molar-refractivity contribution in [2.24, 2.45) is 17.2 Å². The van der Waals surface area contributed by atoms with E-state index >= 15 is 0 Å². The molecule has 1 aromatic carbocycles. The van der Waals surface area contributed by atoms with Gasteiger partial charge in [-0.2, -0.15) is 0 Å². The van der Waals surface area contributed by atoms with E-state index in [0.717, 1.165) is 12.0 Å². The molecule has 16 heavy (non-hydrogen) atoms. The lowest BCUT2D eigenvalue weighted by Gasteiger charge is -2.18. The Morgan fingerprint density at radius 3 is 2.56 bits per heavy atom. The largest absolute Gasteiger partial charge is 0.271 e. The van der Waals surface area contributed by atoms with Gasteiger partial charge < -0.3 is 0 Å². The first-order valence-corrected chi connectivity index (χ1v) is 5.68. The average molecular weight is 222 g/mol. The molecule has 0 aromatic heterocycles. The maximum atomic E-state index is 13.5. The molecule has 0 amide bonds. The van der Waals surface area contributed by atoms with E-state index in [-0.39, 0.29) is 11.9 Å². The van der Waals surface area contributed by atoms with Gasteiger partial charge in [-0.15, -0.1) is 0 Å². The van der Waals surface area contributed by atoms with E-state index in [2.05, 4.69) is 19.3 Å². The number of hydrogen-bond donors (Lipinski definition) is 2. The Labute approximate surface area is 96.0 Å². The number of hydrogen-bond acceptors (Lipinski definition) is 2. The molecule has 3 N–H and O–H groups in total. The molecule has 3 heteroatoms. The van der Waals surface area contributed by atoms with Gasteiger partial charge in [-0.3, -0.25) is 11.3 Å². The SMILES string of the molecule is Cc1ccc(C(NN)C2CC2(C)C)cc1F. The van der Waals surface area contributed by atoms with E-state index in [1.807, 2.05) is 12.1 Å². The van der Waals surface area contributed by atoms with E-state index in [4.69, 9.17) is 5.84 Å². The van der Waals surface area contributed by atoms with Crippen molar-refractivity contribution in [2.75, 3.05) is 0 Å². The maximum absolute atomic E-state index is 13.5. The van der Waals surface area contributed by atoms with Gasteiger partial charge in [-0.25, -0.2) is 4.39 Å². The van der Waals surface area contributed by atoms with Gasteiger partial charge in [-0.1, -0.05) is 26.0 Å². The van der Waals surface area contributed by atoms with Crippen LogP contribution in [0.4, 0.5) is 4.39 Å². The summed E-state index contributed by atoms with van der Waals surface area (Å²) in [6.45, 7) is 6.20. The summed E-state index contributed by atoms with van der Waals surface area (Å²) in [7, 11) is 0. The summed E-state index contributed by atoms with van der Waals surface area (Å²) in [6, 6.07) is 5.42. The van der Waals surface area contributed by atoms with Gasteiger partial charge in [0.05, 0.1) is 0 Å². The molecule has 1 aliphatic rings. The fourth-order valence-corrected chi connectivity index (χ4v) is 2.32. The lowest BCUT2D eigenvalue weighted by Crippen LogP contribution is -2.30. The highest BCUT2D eigenvalue weighted by Gasteiger charge is 2.50. The molecule has 0 bridgehead atoms. The summed E-state index contributed by atoms with van der Waals surface area (Å²) in [4.78, 5) is 0. The van der Waals surface area contributed by atoms with E-state index < -0.39 is 0 Å². The third-order valence-corrected chi connectivity index (χ3v) is 3.73. The van der Waals surface area contributed by atoms with Crippen LogP contribution >= 0.6 is 0 Å². The smallest absolute Gasteiger partial charge is 0.126 e. The second kappa shape index (κ2) is 3.82. The van der Waals surface area contributed by atoms with Crippen molar-refractivity contribution in [1.29, 1.82) is 0 Å². The molecule has 1 fully saturated rings. The monoisotopic (exact) mass is 222 g/mol. The second-order valence-electron chi connectivity index (χ2n) is 5.45. The number of nitrogens with one attached hydrogen (secondary N) is 1. The summed E-state index contributed by atoms with van der Waals surface area (Å²) in [5.41, 5.74) is 4.75. The van der Waals surface area contributed by atoms with E-state index in [1.54, 1.807) is 13.0 Å². The predicted octanol–water partition coefficient (Wildman–Crippen LogP) is 2.68. The molecule has 0 radical (unpaired) electrons. The Morgan fingerprint density at radius 2 is 2.12 bits per heavy atom. The Bertz CT molecular complexity index is 401. The number of benzene rings is 1. The van der Waals surface area contributed by atoms with Crippen molar-refractivity contribution >= 4 is 0 Å². The molecule has 88 valence electrons. The van der Waals surface area contributed by atoms with Gasteiger partial charge in [0.15, 0.2) is 0 Å². The van der Waals surface area contributed by atoms with Crippen LogP contribution in [0.1, 0.15) is 37.4 Å². The van der Waals surface area contributed by atoms with Crippen LogP contribution in [0.2, 0.25) is 0 Å². The van der Waals surface area contributed by atoms with Crippen molar-refractivity contribution < 1.29 is 4.39 Å². The van der Waals surface area contributed by atoms with Gasteiger partial charge in [0.1, 0.15) is 5.82 Å². The number of rotatable bonds is 3. The van der Waals surface area contributed by atoms with Crippen LogP contribution in [0.3, 0.4) is 0 Å². The van der Waals surface area contributed by atoms with Crippen LogP contribution in [0, 0.1) is 24.1 Å². The summed E-state index contributed by atoms with van der Waals surface area (Å²) >= 11 is 0. The zero-order valence-electron chi connectivity index (χ0n) is 10.0. The normalized spacial score (nSPS) is 24.2. The highest BCUT2D eigenvalue weighted by Crippen LogP contribution is 2.57. The molecule has 1 saturated carbocycles. The molecule has 0 spiro atoms.